The number of esters is 1. The minimum Gasteiger partial charge on any atom is -0.461 e. The van der Waals surface area contributed by atoms with Gasteiger partial charge in [-0.05, 0) is 67.4 Å². The molecule has 0 aliphatic heterocycles. The van der Waals surface area contributed by atoms with Gasteiger partial charge in [0.05, 0.1) is 5.75 Å². The van der Waals surface area contributed by atoms with Crippen molar-refractivity contribution in [3.05, 3.63) is 12.7 Å². The monoisotopic (exact) mass is 491 g/mol. The van der Waals surface area contributed by atoms with Crippen molar-refractivity contribution in [3.63, 3.8) is 0 Å². The SMILES string of the molecule is C=C[C@]1(C)C[C@@H](OC(=O)CSCCN(CC)CC)[C@]2(C)[C@H](C)CC[C@]3(CCC(=O)[C@H]32)[C@@H](C)[C@@H]1C. The molecule has 194 valence electrons. The molecule has 0 aromatic carbocycles. The predicted molar refractivity (Wildman–Crippen MR) is 143 cm³/mol. The molecule has 0 heterocycles. The minimum atomic E-state index is -0.327. The van der Waals surface area contributed by atoms with Crippen LogP contribution in [0.25, 0.3) is 0 Å². The molecule has 0 aromatic heterocycles. The third kappa shape index (κ3) is 4.65. The molecule has 0 radical (unpaired) electrons. The molecule has 3 aliphatic carbocycles. The number of ketones is 1. The van der Waals surface area contributed by atoms with Gasteiger partial charge in [0, 0.05) is 30.1 Å². The molecule has 8 atom stereocenters. The fourth-order valence-electron chi connectivity index (χ4n) is 7.90. The summed E-state index contributed by atoms with van der Waals surface area (Å²) in [7, 11) is 0. The van der Waals surface area contributed by atoms with E-state index < -0.39 is 0 Å². The summed E-state index contributed by atoms with van der Waals surface area (Å²) in [5.41, 5.74) is -0.445. The van der Waals surface area contributed by atoms with Crippen LogP contribution in [0.5, 0.6) is 0 Å². The van der Waals surface area contributed by atoms with Crippen molar-refractivity contribution in [2.24, 2.45) is 39.9 Å². The van der Waals surface area contributed by atoms with Gasteiger partial charge in [-0.1, -0.05) is 54.5 Å². The molecule has 0 spiro atoms. The van der Waals surface area contributed by atoms with Crippen molar-refractivity contribution in [2.75, 3.05) is 31.1 Å². The van der Waals surface area contributed by atoms with Crippen LogP contribution >= 0.6 is 11.8 Å². The number of Topliss-reactive ketones (excluding diaryl/α,β-unsaturated/α-hetero) is 1. The third-order valence-corrected chi connectivity index (χ3v) is 11.8. The normalized spacial score (nSPS) is 42.1. The Morgan fingerprint density at radius 2 is 1.85 bits per heavy atom. The van der Waals surface area contributed by atoms with Crippen molar-refractivity contribution >= 4 is 23.5 Å². The van der Waals surface area contributed by atoms with Crippen LogP contribution in [0.4, 0.5) is 0 Å². The first-order chi connectivity index (χ1) is 16.0. The van der Waals surface area contributed by atoms with Crippen molar-refractivity contribution < 1.29 is 14.3 Å². The van der Waals surface area contributed by atoms with Gasteiger partial charge < -0.3 is 9.64 Å². The van der Waals surface area contributed by atoms with E-state index in [1.54, 1.807) is 11.8 Å². The van der Waals surface area contributed by atoms with E-state index in [-0.39, 0.29) is 34.2 Å². The lowest BCUT2D eigenvalue weighted by Gasteiger charge is -2.62. The number of hydrogen-bond acceptors (Lipinski definition) is 5. The number of thioether (sulfide) groups is 1. The second kappa shape index (κ2) is 10.7. The number of ether oxygens (including phenoxy) is 1. The van der Waals surface area contributed by atoms with E-state index in [1.165, 1.54) is 0 Å². The van der Waals surface area contributed by atoms with Crippen molar-refractivity contribution in [3.8, 4) is 0 Å². The summed E-state index contributed by atoms with van der Waals surface area (Å²) in [5.74, 6) is 2.73. The Morgan fingerprint density at radius 1 is 1.18 bits per heavy atom. The first-order valence-corrected chi connectivity index (χ1v) is 14.8. The maximum absolute atomic E-state index is 13.5. The van der Waals surface area contributed by atoms with Crippen molar-refractivity contribution in [2.45, 2.75) is 86.7 Å². The fourth-order valence-corrected chi connectivity index (χ4v) is 8.66. The second-order valence-corrected chi connectivity index (χ2v) is 13.1. The van der Waals surface area contributed by atoms with Crippen molar-refractivity contribution in [1.82, 2.24) is 4.90 Å². The summed E-state index contributed by atoms with van der Waals surface area (Å²) in [6.07, 6.45) is 6.47. The van der Waals surface area contributed by atoms with Gasteiger partial charge in [-0.15, -0.1) is 18.3 Å². The average Bonchev–Trinajstić information content (AvgIpc) is 3.17. The Morgan fingerprint density at radius 3 is 2.47 bits per heavy atom. The molecule has 3 aliphatic rings. The molecule has 0 N–H and O–H groups in total. The highest BCUT2D eigenvalue weighted by atomic mass is 32.2. The van der Waals surface area contributed by atoms with Gasteiger partial charge in [0.2, 0.25) is 0 Å². The van der Waals surface area contributed by atoms with Gasteiger partial charge in [-0.2, -0.15) is 0 Å². The summed E-state index contributed by atoms with van der Waals surface area (Å²) in [6.45, 7) is 23.2. The number of allylic oxidation sites excluding steroid dienone is 1. The first kappa shape index (κ1) is 27.8. The lowest BCUT2D eigenvalue weighted by atomic mass is 9.42. The topological polar surface area (TPSA) is 46.6 Å². The van der Waals surface area contributed by atoms with Crippen LogP contribution in [-0.2, 0) is 14.3 Å². The Bertz CT molecular complexity index is 766. The largest absolute Gasteiger partial charge is 0.461 e. The van der Waals surface area contributed by atoms with Crippen LogP contribution in [0.1, 0.15) is 80.6 Å². The van der Waals surface area contributed by atoms with Gasteiger partial charge >= 0.3 is 5.97 Å². The fraction of sp³-hybridized carbons (Fsp3) is 0.862. The molecule has 0 amide bonds. The standard InChI is InChI=1S/C29H49NO3S/c1-9-27(7)18-24(33-25(32)19-34-17-16-30(10-2)11-3)28(8)20(4)12-14-29(22(6)21(27)5)15-13-23(31)26(28)29/h9,20-22,24,26H,1,10-19H2,2-8H3/t20-,21+,22+,24-,26+,27-,28+,29+/m1/s1. The maximum Gasteiger partial charge on any atom is 0.316 e. The van der Waals surface area contributed by atoms with E-state index in [0.717, 1.165) is 51.1 Å². The summed E-state index contributed by atoms with van der Waals surface area (Å²) < 4.78 is 6.41. The number of hydrogen-bond donors (Lipinski definition) is 0. The van der Waals surface area contributed by atoms with Gasteiger partial charge in [0.25, 0.3) is 0 Å². The predicted octanol–water partition coefficient (Wildman–Crippen LogP) is 6.24. The molecular weight excluding hydrogens is 442 g/mol. The zero-order valence-corrected chi connectivity index (χ0v) is 23.6. The highest BCUT2D eigenvalue weighted by molar-refractivity contribution is 7.99. The summed E-state index contributed by atoms with van der Waals surface area (Å²) >= 11 is 1.66. The lowest BCUT2D eigenvalue weighted by Crippen LogP contribution is -2.61. The van der Waals surface area contributed by atoms with E-state index in [1.807, 2.05) is 0 Å². The highest BCUT2D eigenvalue weighted by Gasteiger charge is 2.67. The molecular formula is C29H49NO3S. The van der Waals surface area contributed by atoms with E-state index in [9.17, 15) is 9.59 Å². The van der Waals surface area contributed by atoms with Gasteiger partial charge in [0.15, 0.2) is 0 Å². The minimum absolute atomic E-state index is 0.0105. The Labute approximate surface area is 213 Å². The number of nitrogens with zero attached hydrogens (tertiary/aromatic N) is 1. The quantitative estimate of drug-likeness (QED) is 0.217. The maximum atomic E-state index is 13.5. The van der Waals surface area contributed by atoms with E-state index >= 15 is 0 Å². The van der Waals surface area contributed by atoms with Crippen LogP contribution < -0.4 is 0 Å². The first-order valence-electron chi connectivity index (χ1n) is 13.7. The van der Waals surface area contributed by atoms with E-state index in [0.29, 0.717) is 35.7 Å². The molecule has 4 nitrogen and oxygen atoms in total. The zero-order chi connectivity index (χ0) is 25.3. The average molecular weight is 492 g/mol. The summed E-state index contributed by atoms with van der Waals surface area (Å²) in [6, 6.07) is 0. The summed E-state index contributed by atoms with van der Waals surface area (Å²) in [4.78, 5) is 29.0. The van der Waals surface area contributed by atoms with Crippen LogP contribution in [0.15, 0.2) is 12.7 Å². The molecule has 34 heavy (non-hydrogen) atoms. The van der Waals surface area contributed by atoms with E-state index in [2.05, 4.69) is 66.0 Å². The molecule has 0 aromatic rings. The molecule has 3 fully saturated rings. The Balaban J connectivity index is 1.88. The Hall–Kier alpha value is -0.810. The molecule has 5 heteroatoms. The Kier molecular flexibility index (Phi) is 8.71. The highest BCUT2D eigenvalue weighted by Crippen LogP contribution is 2.69. The summed E-state index contributed by atoms with van der Waals surface area (Å²) in [5, 5.41) is 0. The zero-order valence-electron chi connectivity index (χ0n) is 22.8. The van der Waals surface area contributed by atoms with Gasteiger partial charge in [0.1, 0.15) is 11.9 Å². The molecule has 2 bridgehead atoms. The van der Waals surface area contributed by atoms with Crippen LogP contribution in [0.3, 0.4) is 0 Å². The number of rotatable bonds is 9. The molecule has 3 rings (SSSR count). The van der Waals surface area contributed by atoms with Crippen LogP contribution in [0, 0.1) is 39.9 Å². The van der Waals surface area contributed by atoms with Crippen LogP contribution in [-0.4, -0.2) is 53.9 Å². The van der Waals surface area contributed by atoms with E-state index in [4.69, 9.17) is 4.74 Å². The molecule has 3 saturated carbocycles. The number of carbonyl (C=O) groups excluding carboxylic acids is 2. The second-order valence-electron chi connectivity index (χ2n) is 12.0. The van der Waals surface area contributed by atoms with Gasteiger partial charge in [-0.3, -0.25) is 9.59 Å². The molecule has 0 unspecified atom stereocenters. The smallest absolute Gasteiger partial charge is 0.316 e. The number of carbonyl (C=O) groups is 2. The third-order valence-electron chi connectivity index (χ3n) is 10.9. The van der Waals surface area contributed by atoms with Gasteiger partial charge in [-0.25, -0.2) is 0 Å². The van der Waals surface area contributed by atoms with Crippen LogP contribution in [0.2, 0.25) is 0 Å². The lowest BCUT2D eigenvalue weighted by molar-refractivity contribution is -0.196. The molecule has 0 saturated heterocycles. The van der Waals surface area contributed by atoms with Crippen molar-refractivity contribution in [1.29, 1.82) is 0 Å².